The molecular formula is C18H13F3N2O4. The molecule has 0 atom stereocenters. The topological polar surface area (TPSA) is 94.5 Å². The third kappa shape index (κ3) is 2.77. The van der Waals surface area contributed by atoms with Gasteiger partial charge in [-0.2, -0.15) is 0 Å². The van der Waals surface area contributed by atoms with Gasteiger partial charge in [0.15, 0.2) is 11.6 Å². The number of carbonyl (C=O) groups is 1. The summed E-state index contributed by atoms with van der Waals surface area (Å²) in [6.07, 6.45) is 0.882. The molecule has 3 N–H and O–H groups in total. The van der Waals surface area contributed by atoms with Crippen LogP contribution in [-0.4, -0.2) is 22.8 Å². The molecule has 0 aliphatic heterocycles. The van der Waals surface area contributed by atoms with Crippen LogP contribution < -0.4 is 15.9 Å². The summed E-state index contributed by atoms with van der Waals surface area (Å²) in [5.41, 5.74) is 3.28. The number of nitrogen functional groups attached to an aromatic ring is 1. The first-order valence-corrected chi connectivity index (χ1v) is 7.58. The first-order chi connectivity index (χ1) is 12.7. The zero-order valence-corrected chi connectivity index (χ0v) is 14.1. The van der Waals surface area contributed by atoms with Gasteiger partial charge in [-0.1, -0.05) is 0 Å². The smallest absolute Gasteiger partial charge is 0.341 e. The highest BCUT2D eigenvalue weighted by atomic mass is 19.1. The van der Waals surface area contributed by atoms with E-state index in [0.29, 0.717) is 6.07 Å². The SMILES string of the molecule is COc1c(F)cc2c(=O)c(C(=O)O)cn(-c3cc(N)c(F)cc3F)c2c1C. The molecule has 0 bridgehead atoms. The zero-order valence-electron chi connectivity index (χ0n) is 14.1. The fourth-order valence-corrected chi connectivity index (χ4v) is 2.96. The highest BCUT2D eigenvalue weighted by Crippen LogP contribution is 2.32. The molecule has 2 aromatic carbocycles. The number of aromatic nitrogens is 1. The number of halogens is 3. The molecule has 0 saturated carbocycles. The fraction of sp³-hybridized carbons (Fsp3) is 0.111. The maximum atomic E-state index is 14.4. The van der Waals surface area contributed by atoms with Gasteiger partial charge in [0.2, 0.25) is 5.43 Å². The van der Waals surface area contributed by atoms with Crippen molar-refractivity contribution in [3.05, 3.63) is 63.2 Å². The first-order valence-electron chi connectivity index (χ1n) is 7.58. The second kappa shape index (κ2) is 6.35. The number of methoxy groups -OCH3 is 1. The van der Waals surface area contributed by atoms with E-state index in [4.69, 9.17) is 10.5 Å². The van der Waals surface area contributed by atoms with Crippen molar-refractivity contribution in [1.29, 1.82) is 0 Å². The maximum Gasteiger partial charge on any atom is 0.341 e. The number of anilines is 1. The summed E-state index contributed by atoms with van der Waals surface area (Å²) in [7, 11) is 1.21. The molecule has 6 nitrogen and oxygen atoms in total. The molecule has 3 aromatic rings. The number of nitrogens with two attached hydrogens (primary N) is 1. The summed E-state index contributed by atoms with van der Waals surface area (Å²) in [6.45, 7) is 1.42. The Hall–Kier alpha value is -3.49. The third-order valence-electron chi connectivity index (χ3n) is 4.19. The monoisotopic (exact) mass is 378 g/mol. The van der Waals surface area contributed by atoms with Gasteiger partial charge in [-0.05, 0) is 19.1 Å². The van der Waals surface area contributed by atoms with E-state index in [1.165, 1.54) is 14.0 Å². The molecule has 0 spiro atoms. The Morgan fingerprint density at radius 2 is 1.81 bits per heavy atom. The van der Waals surface area contributed by atoms with Gasteiger partial charge in [0.25, 0.3) is 0 Å². The molecule has 3 rings (SSSR count). The summed E-state index contributed by atoms with van der Waals surface area (Å²) >= 11 is 0. The van der Waals surface area contributed by atoms with Crippen LogP contribution in [0.2, 0.25) is 0 Å². The number of hydrogen-bond acceptors (Lipinski definition) is 4. The predicted molar refractivity (Wildman–Crippen MR) is 92.1 cm³/mol. The van der Waals surface area contributed by atoms with Crippen molar-refractivity contribution >= 4 is 22.6 Å². The average molecular weight is 378 g/mol. The van der Waals surface area contributed by atoms with Crippen LogP contribution in [-0.2, 0) is 0 Å². The maximum absolute atomic E-state index is 14.4. The van der Waals surface area contributed by atoms with E-state index in [2.05, 4.69) is 0 Å². The Balaban J connectivity index is 2.59. The Morgan fingerprint density at radius 3 is 2.41 bits per heavy atom. The van der Waals surface area contributed by atoms with Crippen LogP contribution in [0.15, 0.2) is 29.2 Å². The molecule has 140 valence electrons. The largest absolute Gasteiger partial charge is 0.493 e. The van der Waals surface area contributed by atoms with E-state index in [1.54, 1.807) is 0 Å². The van der Waals surface area contributed by atoms with E-state index < -0.39 is 34.4 Å². The van der Waals surface area contributed by atoms with Gasteiger partial charge < -0.3 is 20.1 Å². The lowest BCUT2D eigenvalue weighted by Crippen LogP contribution is -2.20. The molecule has 0 saturated heterocycles. The first kappa shape index (κ1) is 18.3. The predicted octanol–water partition coefficient (Wildman–Crippen LogP) is 3.01. The van der Waals surface area contributed by atoms with Crippen molar-refractivity contribution in [2.24, 2.45) is 0 Å². The van der Waals surface area contributed by atoms with Crippen molar-refractivity contribution in [2.45, 2.75) is 6.92 Å². The van der Waals surface area contributed by atoms with Gasteiger partial charge in [-0.15, -0.1) is 0 Å². The Labute approximate surface area is 150 Å². The standard InChI is InChI=1S/C18H13F3N2O4/c1-7-15-8(3-12(21)17(7)27-2)16(24)9(18(25)26)6-23(15)14-5-13(22)10(19)4-11(14)20/h3-6H,22H2,1-2H3,(H,25,26). The van der Waals surface area contributed by atoms with Crippen LogP contribution in [0.5, 0.6) is 5.75 Å². The van der Waals surface area contributed by atoms with E-state index in [0.717, 1.165) is 22.9 Å². The lowest BCUT2D eigenvalue weighted by molar-refractivity contribution is 0.0695. The molecule has 9 heteroatoms. The molecule has 27 heavy (non-hydrogen) atoms. The number of benzene rings is 2. The van der Waals surface area contributed by atoms with E-state index in [9.17, 15) is 27.9 Å². The molecule has 0 radical (unpaired) electrons. The lowest BCUT2D eigenvalue weighted by Gasteiger charge is -2.18. The van der Waals surface area contributed by atoms with Crippen LogP contribution in [0.3, 0.4) is 0 Å². The molecule has 0 aliphatic rings. The van der Waals surface area contributed by atoms with Crippen molar-refractivity contribution in [3.63, 3.8) is 0 Å². The number of hydrogen-bond donors (Lipinski definition) is 2. The van der Waals surface area contributed by atoms with Crippen molar-refractivity contribution < 1.29 is 27.8 Å². The quantitative estimate of drug-likeness (QED) is 0.684. The Bertz CT molecular complexity index is 1170. The van der Waals surface area contributed by atoms with E-state index in [-0.39, 0.29) is 33.6 Å². The van der Waals surface area contributed by atoms with Crippen LogP contribution in [0, 0.1) is 24.4 Å². The second-order valence-corrected chi connectivity index (χ2v) is 5.78. The van der Waals surface area contributed by atoms with E-state index in [1.807, 2.05) is 0 Å². The van der Waals surface area contributed by atoms with Gasteiger partial charge in [0.1, 0.15) is 17.2 Å². The Kier molecular flexibility index (Phi) is 4.30. The van der Waals surface area contributed by atoms with Gasteiger partial charge in [0.05, 0.1) is 29.4 Å². The summed E-state index contributed by atoms with van der Waals surface area (Å²) in [5, 5.41) is 9.00. The van der Waals surface area contributed by atoms with Crippen molar-refractivity contribution in [3.8, 4) is 11.4 Å². The minimum absolute atomic E-state index is 0.00755. The van der Waals surface area contributed by atoms with Crippen molar-refractivity contribution in [1.82, 2.24) is 4.57 Å². The number of rotatable bonds is 3. The number of nitrogens with zero attached hydrogens (tertiary/aromatic N) is 1. The normalized spacial score (nSPS) is 11.0. The summed E-state index contributed by atoms with van der Waals surface area (Å²) < 4.78 is 48.2. The van der Waals surface area contributed by atoms with Crippen LogP contribution in [0.25, 0.3) is 16.6 Å². The number of carboxylic acids is 1. The summed E-state index contributed by atoms with van der Waals surface area (Å²) in [4.78, 5) is 23.9. The number of ether oxygens (including phenoxy) is 1. The van der Waals surface area contributed by atoms with Crippen LogP contribution >= 0.6 is 0 Å². The van der Waals surface area contributed by atoms with Crippen molar-refractivity contribution in [2.75, 3.05) is 12.8 Å². The second-order valence-electron chi connectivity index (χ2n) is 5.78. The highest BCUT2D eigenvalue weighted by molar-refractivity contribution is 5.95. The number of aromatic carboxylic acids is 1. The molecule has 1 heterocycles. The molecule has 1 aromatic heterocycles. The molecule has 0 unspecified atom stereocenters. The van der Waals surface area contributed by atoms with Gasteiger partial charge in [-0.25, -0.2) is 18.0 Å². The number of carboxylic acid groups (broad SMARTS) is 1. The van der Waals surface area contributed by atoms with Crippen LogP contribution in [0.1, 0.15) is 15.9 Å². The van der Waals surface area contributed by atoms with Gasteiger partial charge in [0, 0.05) is 17.8 Å². The molecule has 0 amide bonds. The molecular weight excluding hydrogens is 365 g/mol. The number of aryl methyl sites for hydroxylation is 1. The Morgan fingerprint density at radius 1 is 1.15 bits per heavy atom. The zero-order chi connectivity index (χ0) is 20.0. The number of fused-ring (bicyclic) bond motifs is 1. The molecule has 0 fully saturated rings. The van der Waals surface area contributed by atoms with Gasteiger partial charge in [-0.3, -0.25) is 4.79 Å². The number of pyridine rings is 1. The highest BCUT2D eigenvalue weighted by Gasteiger charge is 2.22. The minimum atomic E-state index is -1.58. The summed E-state index contributed by atoms with van der Waals surface area (Å²) in [5.74, 6) is -4.71. The summed E-state index contributed by atoms with van der Waals surface area (Å²) in [6, 6.07) is 2.30. The van der Waals surface area contributed by atoms with Gasteiger partial charge >= 0.3 is 5.97 Å². The fourth-order valence-electron chi connectivity index (χ4n) is 2.96. The van der Waals surface area contributed by atoms with Crippen LogP contribution in [0.4, 0.5) is 18.9 Å². The third-order valence-corrected chi connectivity index (χ3v) is 4.19. The lowest BCUT2D eigenvalue weighted by atomic mass is 10.0. The molecule has 0 aliphatic carbocycles. The minimum Gasteiger partial charge on any atom is -0.493 e. The average Bonchev–Trinajstić information content (AvgIpc) is 2.59. The van der Waals surface area contributed by atoms with E-state index >= 15 is 0 Å².